The molecule has 1 saturated heterocycles. The normalized spacial score (nSPS) is 19.7. The topological polar surface area (TPSA) is 55.6 Å². The van der Waals surface area contributed by atoms with Gasteiger partial charge in [0.15, 0.2) is 0 Å². The third kappa shape index (κ3) is 3.71. The number of nitrogens with zero attached hydrogens (tertiary/aromatic N) is 1. The minimum absolute atomic E-state index is 0. The minimum atomic E-state index is -0.0411. The molecule has 4 nitrogen and oxygen atoms in total. The number of carbonyl (C=O) groups excluding carboxylic acids is 1. The van der Waals surface area contributed by atoms with Gasteiger partial charge in [-0.2, -0.15) is 0 Å². The van der Waals surface area contributed by atoms with E-state index in [4.69, 9.17) is 10.5 Å². The van der Waals surface area contributed by atoms with Gasteiger partial charge in [0.05, 0.1) is 12.2 Å². The van der Waals surface area contributed by atoms with Crippen molar-refractivity contribution in [3.05, 3.63) is 65.7 Å². The largest absolute Gasteiger partial charge is 0.493 e. The van der Waals surface area contributed by atoms with Crippen LogP contribution in [0.3, 0.4) is 0 Å². The summed E-state index contributed by atoms with van der Waals surface area (Å²) in [4.78, 5) is 14.7. The van der Waals surface area contributed by atoms with E-state index in [9.17, 15) is 4.79 Å². The van der Waals surface area contributed by atoms with Crippen LogP contribution in [-0.2, 0) is 0 Å². The van der Waals surface area contributed by atoms with Gasteiger partial charge in [-0.15, -0.1) is 12.4 Å². The Hall–Kier alpha value is -2.04. The summed E-state index contributed by atoms with van der Waals surface area (Å²) >= 11 is 0. The van der Waals surface area contributed by atoms with Crippen LogP contribution in [0, 0.1) is 0 Å². The van der Waals surface area contributed by atoms with Crippen LogP contribution in [0.5, 0.6) is 5.75 Å². The van der Waals surface area contributed by atoms with Crippen molar-refractivity contribution in [3.63, 3.8) is 0 Å². The summed E-state index contributed by atoms with van der Waals surface area (Å²) < 4.78 is 5.58. The van der Waals surface area contributed by atoms with Crippen molar-refractivity contribution in [1.82, 2.24) is 4.90 Å². The standard InChI is InChI=1S/C19H22N2O2.ClH/c1-2-23-18-11-7-6-10-15(18)19(22)21-12-16(17(20)13-21)14-8-4-3-5-9-14;/h3-11,16-17H,2,12-13,20H2,1H3;1H/t16-,17+;/m0./s1. The average molecular weight is 347 g/mol. The van der Waals surface area contributed by atoms with Crippen LogP contribution >= 0.6 is 12.4 Å². The molecule has 3 rings (SSSR count). The molecule has 0 aromatic heterocycles. The van der Waals surface area contributed by atoms with E-state index >= 15 is 0 Å². The van der Waals surface area contributed by atoms with Crippen LogP contribution < -0.4 is 10.5 Å². The molecule has 1 fully saturated rings. The molecule has 1 aliphatic rings. The van der Waals surface area contributed by atoms with Crippen molar-refractivity contribution in [2.75, 3.05) is 19.7 Å². The lowest BCUT2D eigenvalue weighted by Gasteiger charge is -2.18. The molecule has 2 aromatic carbocycles. The molecule has 0 bridgehead atoms. The molecule has 0 aliphatic carbocycles. The number of amides is 1. The maximum absolute atomic E-state index is 12.9. The first-order valence-electron chi connectivity index (χ1n) is 8.02. The molecule has 5 heteroatoms. The summed E-state index contributed by atoms with van der Waals surface area (Å²) in [5.74, 6) is 0.805. The van der Waals surface area contributed by atoms with Gasteiger partial charge >= 0.3 is 0 Å². The zero-order chi connectivity index (χ0) is 16.2. The summed E-state index contributed by atoms with van der Waals surface area (Å²) in [6.45, 7) is 3.66. The number of nitrogens with two attached hydrogens (primary N) is 1. The number of rotatable bonds is 4. The maximum Gasteiger partial charge on any atom is 0.257 e. The third-order valence-electron chi connectivity index (χ3n) is 4.30. The Balaban J connectivity index is 0.00000208. The fourth-order valence-corrected chi connectivity index (χ4v) is 3.14. The Bertz CT molecular complexity index is 678. The van der Waals surface area contributed by atoms with E-state index in [-0.39, 0.29) is 30.3 Å². The van der Waals surface area contributed by atoms with Crippen LogP contribution in [0.2, 0.25) is 0 Å². The summed E-state index contributed by atoms with van der Waals surface area (Å²) in [7, 11) is 0. The van der Waals surface area contributed by atoms with Crippen molar-refractivity contribution in [2.45, 2.75) is 18.9 Å². The van der Waals surface area contributed by atoms with Gasteiger partial charge in [0, 0.05) is 25.0 Å². The second-order valence-electron chi connectivity index (χ2n) is 5.82. The molecule has 24 heavy (non-hydrogen) atoms. The van der Waals surface area contributed by atoms with Crippen molar-refractivity contribution >= 4 is 18.3 Å². The lowest BCUT2D eigenvalue weighted by Crippen LogP contribution is -2.32. The predicted molar refractivity (Wildman–Crippen MR) is 97.9 cm³/mol. The number of hydrogen-bond donors (Lipinski definition) is 1. The number of likely N-dealkylation sites (tertiary alicyclic amines) is 1. The number of halogens is 1. The lowest BCUT2D eigenvalue weighted by molar-refractivity contribution is 0.0785. The molecule has 1 amide bonds. The van der Waals surface area contributed by atoms with E-state index < -0.39 is 0 Å². The molecule has 1 aliphatic heterocycles. The highest BCUT2D eigenvalue weighted by atomic mass is 35.5. The Labute approximate surface area is 149 Å². The number of hydrogen-bond acceptors (Lipinski definition) is 3. The molecule has 2 atom stereocenters. The lowest BCUT2D eigenvalue weighted by atomic mass is 9.95. The van der Waals surface area contributed by atoms with E-state index in [1.165, 1.54) is 5.56 Å². The average Bonchev–Trinajstić information content (AvgIpc) is 2.98. The van der Waals surface area contributed by atoms with Crippen LogP contribution in [0.4, 0.5) is 0 Å². The van der Waals surface area contributed by atoms with E-state index in [0.29, 0.717) is 31.0 Å². The first kappa shape index (κ1) is 18.3. The molecule has 128 valence electrons. The molecule has 2 N–H and O–H groups in total. The molecular weight excluding hydrogens is 324 g/mol. The highest BCUT2D eigenvalue weighted by Gasteiger charge is 2.34. The Kier molecular flexibility index (Phi) is 6.23. The molecule has 1 heterocycles. The van der Waals surface area contributed by atoms with E-state index in [0.717, 1.165) is 0 Å². The highest BCUT2D eigenvalue weighted by molar-refractivity contribution is 5.97. The quantitative estimate of drug-likeness (QED) is 0.925. The number of para-hydroxylation sites is 1. The fraction of sp³-hybridized carbons (Fsp3) is 0.316. The van der Waals surface area contributed by atoms with Crippen molar-refractivity contribution < 1.29 is 9.53 Å². The Morgan fingerprint density at radius 1 is 1.12 bits per heavy atom. The Morgan fingerprint density at radius 2 is 1.79 bits per heavy atom. The molecule has 0 radical (unpaired) electrons. The summed E-state index contributed by atoms with van der Waals surface area (Å²) in [5, 5.41) is 0. The highest BCUT2D eigenvalue weighted by Crippen LogP contribution is 2.29. The van der Waals surface area contributed by atoms with Crippen LogP contribution in [0.15, 0.2) is 54.6 Å². The Morgan fingerprint density at radius 3 is 2.50 bits per heavy atom. The van der Waals surface area contributed by atoms with Gasteiger partial charge in [-0.3, -0.25) is 4.79 Å². The van der Waals surface area contributed by atoms with Gasteiger partial charge in [-0.25, -0.2) is 0 Å². The number of carbonyl (C=O) groups is 1. The molecule has 0 saturated carbocycles. The van der Waals surface area contributed by atoms with Gasteiger partial charge in [0.25, 0.3) is 5.91 Å². The van der Waals surface area contributed by atoms with Gasteiger partial charge < -0.3 is 15.4 Å². The first-order chi connectivity index (χ1) is 11.2. The van der Waals surface area contributed by atoms with Gasteiger partial charge in [-0.05, 0) is 24.6 Å². The smallest absolute Gasteiger partial charge is 0.257 e. The second kappa shape index (κ2) is 8.18. The molecular formula is C19H23ClN2O2. The van der Waals surface area contributed by atoms with Gasteiger partial charge in [0.1, 0.15) is 5.75 Å². The summed E-state index contributed by atoms with van der Waals surface area (Å²) in [6.07, 6.45) is 0. The maximum atomic E-state index is 12.9. The number of ether oxygens (including phenoxy) is 1. The van der Waals surface area contributed by atoms with E-state index in [1.54, 1.807) is 0 Å². The first-order valence-corrected chi connectivity index (χ1v) is 8.02. The zero-order valence-corrected chi connectivity index (χ0v) is 14.5. The summed E-state index contributed by atoms with van der Waals surface area (Å²) in [5.41, 5.74) is 8.08. The van der Waals surface area contributed by atoms with Crippen molar-refractivity contribution in [1.29, 1.82) is 0 Å². The molecule has 2 aromatic rings. The monoisotopic (exact) mass is 346 g/mol. The molecule has 0 unspecified atom stereocenters. The SMILES string of the molecule is CCOc1ccccc1C(=O)N1C[C@@H](N)[C@H](c2ccccc2)C1.Cl. The third-order valence-corrected chi connectivity index (χ3v) is 4.30. The fourth-order valence-electron chi connectivity index (χ4n) is 3.14. The predicted octanol–water partition coefficient (Wildman–Crippen LogP) is 3.07. The van der Waals surface area contributed by atoms with Gasteiger partial charge in [0.2, 0.25) is 0 Å². The second-order valence-corrected chi connectivity index (χ2v) is 5.82. The van der Waals surface area contributed by atoms with Crippen LogP contribution in [-0.4, -0.2) is 36.5 Å². The van der Waals surface area contributed by atoms with E-state index in [1.807, 2.05) is 54.3 Å². The van der Waals surface area contributed by atoms with Crippen molar-refractivity contribution in [3.8, 4) is 5.75 Å². The van der Waals surface area contributed by atoms with Crippen LogP contribution in [0.25, 0.3) is 0 Å². The van der Waals surface area contributed by atoms with E-state index in [2.05, 4.69) is 12.1 Å². The number of benzene rings is 2. The van der Waals surface area contributed by atoms with Crippen molar-refractivity contribution in [2.24, 2.45) is 5.73 Å². The molecule has 0 spiro atoms. The summed E-state index contributed by atoms with van der Waals surface area (Å²) in [6, 6.07) is 17.5. The zero-order valence-electron chi connectivity index (χ0n) is 13.7. The van der Waals surface area contributed by atoms with Gasteiger partial charge in [-0.1, -0.05) is 42.5 Å². The van der Waals surface area contributed by atoms with Crippen LogP contribution in [0.1, 0.15) is 28.8 Å². The minimum Gasteiger partial charge on any atom is -0.493 e.